The Labute approximate surface area is 175 Å². The standard InChI is InChI=1S/C23H24N6O/c1-17-8-5-6-12-20(17)25-23-27-21(26-22(24)28-23)16-29(15-19-11-7-13-30-19)14-18-9-3-2-4-10-18/h2-13H,14-16H2,1H3,(H3,24,25,26,27,28). The Morgan fingerprint density at radius 2 is 1.67 bits per heavy atom. The Bertz CT molecular complexity index is 1080. The zero-order valence-corrected chi connectivity index (χ0v) is 16.8. The molecule has 0 amide bonds. The monoisotopic (exact) mass is 400 g/mol. The van der Waals surface area contributed by atoms with Gasteiger partial charge in [-0.2, -0.15) is 15.0 Å². The third-order valence-electron chi connectivity index (χ3n) is 4.66. The summed E-state index contributed by atoms with van der Waals surface area (Å²) in [5.41, 5.74) is 9.21. The second-order valence-corrected chi connectivity index (χ2v) is 7.08. The highest BCUT2D eigenvalue weighted by Gasteiger charge is 2.14. The van der Waals surface area contributed by atoms with Crippen LogP contribution in [0.1, 0.15) is 22.7 Å². The first kappa shape index (κ1) is 19.6. The Hall–Kier alpha value is -3.71. The molecule has 30 heavy (non-hydrogen) atoms. The Morgan fingerprint density at radius 1 is 0.867 bits per heavy atom. The van der Waals surface area contributed by atoms with E-state index in [0.717, 1.165) is 23.6 Å². The van der Waals surface area contributed by atoms with E-state index in [2.05, 4.69) is 37.3 Å². The van der Waals surface area contributed by atoms with Crippen LogP contribution in [-0.2, 0) is 19.6 Å². The second-order valence-electron chi connectivity index (χ2n) is 7.08. The van der Waals surface area contributed by atoms with E-state index in [0.29, 0.717) is 24.9 Å². The number of nitrogens with one attached hydrogen (secondary N) is 1. The van der Waals surface area contributed by atoms with E-state index in [1.165, 1.54) is 5.56 Å². The molecule has 0 radical (unpaired) electrons. The lowest BCUT2D eigenvalue weighted by atomic mass is 10.2. The maximum atomic E-state index is 5.98. The molecule has 4 aromatic rings. The molecular weight excluding hydrogens is 376 g/mol. The number of furan rings is 1. The summed E-state index contributed by atoms with van der Waals surface area (Å²) in [5.74, 6) is 2.10. The van der Waals surface area contributed by atoms with Crippen LogP contribution in [0.4, 0.5) is 17.6 Å². The van der Waals surface area contributed by atoms with Gasteiger partial charge in [0.2, 0.25) is 11.9 Å². The first-order chi connectivity index (χ1) is 14.7. The third-order valence-corrected chi connectivity index (χ3v) is 4.66. The largest absolute Gasteiger partial charge is 0.468 e. The number of rotatable bonds is 8. The fourth-order valence-corrected chi connectivity index (χ4v) is 3.23. The number of para-hydroxylation sites is 1. The van der Waals surface area contributed by atoms with E-state index in [4.69, 9.17) is 10.2 Å². The average molecular weight is 400 g/mol. The highest BCUT2D eigenvalue weighted by atomic mass is 16.3. The summed E-state index contributed by atoms with van der Waals surface area (Å²) in [6.45, 7) is 3.89. The van der Waals surface area contributed by atoms with Gasteiger partial charge < -0.3 is 15.5 Å². The van der Waals surface area contributed by atoms with Crippen molar-refractivity contribution < 1.29 is 4.42 Å². The number of aromatic nitrogens is 3. The molecule has 2 heterocycles. The highest BCUT2D eigenvalue weighted by Crippen LogP contribution is 2.19. The Balaban J connectivity index is 1.55. The number of nitrogen functional groups attached to an aromatic ring is 1. The molecule has 0 saturated carbocycles. The summed E-state index contributed by atoms with van der Waals surface area (Å²) in [4.78, 5) is 15.4. The van der Waals surface area contributed by atoms with Crippen molar-refractivity contribution >= 4 is 17.6 Å². The van der Waals surface area contributed by atoms with E-state index in [9.17, 15) is 0 Å². The topological polar surface area (TPSA) is 93.1 Å². The van der Waals surface area contributed by atoms with Gasteiger partial charge in [0.15, 0.2) is 0 Å². The van der Waals surface area contributed by atoms with Crippen molar-refractivity contribution in [3.05, 3.63) is 95.7 Å². The lowest BCUT2D eigenvalue weighted by Gasteiger charge is -2.21. The zero-order chi connectivity index (χ0) is 20.8. The van der Waals surface area contributed by atoms with Gasteiger partial charge in [0.25, 0.3) is 0 Å². The molecule has 0 aliphatic rings. The minimum atomic E-state index is 0.189. The maximum Gasteiger partial charge on any atom is 0.232 e. The van der Waals surface area contributed by atoms with E-state index in [1.807, 2.05) is 61.5 Å². The van der Waals surface area contributed by atoms with Crippen molar-refractivity contribution in [2.75, 3.05) is 11.1 Å². The summed E-state index contributed by atoms with van der Waals surface area (Å²) < 4.78 is 5.55. The lowest BCUT2D eigenvalue weighted by Crippen LogP contribution is -2.24. The van der Waals surface area contributed by atoms with Crippen LogP contribution in [0.15, 0.2) is 77.4 Å². The zero-order valence-electron chi connectivity index (χ0n) is 16.8. The van der Waals surface area contributed by atoms with E-state index in [-0.39, 0.29) is 5.95 Å². The molecule has 0 spiro atoms. The lowest BCUT2D eigenvalue weighted by molar-refractivity contribution is 0.221. The smallest absolute Gasteiger partial charge is 0.232 e. The van der Waals surface area contributed by atoms with Crippen LogP contribution in [0.3, 0.4) is 0 Å². The van der Waals surface area contributed by atoms with Crippen LogP contribution >= 0.6 is 0 Å². The molecule has 7 nitrogen and oxygen atoms in total. The van der Waals surface area contributed by atoms with Crippen LogP contribution in [0.2, 0.25) is 0 Å². The number of hydrogen-bond donors (Lipinski definition) is 2. The van der Waals surface area contributed by atoms with Crippen LogP contribution in [0.25, 0.3) is 0 Å². The first-order valence-electron chi connectivity index (χ1n) is 9.77. The predicted molar refractivity (Wildman–Crippen MR) is 117 cm³/mol. The third kappa shape index (κ3) is 5.21. The molecular formula is C23H24N6O. The highest BCUT2D eigenvalue weighted by molar-refractivity contribution is 5.58. The van der Waals surface area contributed by atoms with E-state index in [1.54, 1.807) is 6.26 Å². The van der Waals surface area contributed by atoms with E-state index < -0.39 is 0 Å². The van der Waals surface area contributed by atoms with Gasteiger partial charge in [0.05, 0.1) is 19.4 Å². The molecule has 2 aromatic heterocycles. The fourth-order valence-electron chi connectivity index (χ4n) is 3.23. The minimum Gasteiger partial charge on any atom is -0.468 e. The summed E-state index contributed by atoms with van der Waals surface area (Å²) in [6.07, 6.45) is 1.68. The van der Waals surface area contributed by atoms with Crippen LogP contribution in [0, 0.1) is 6.92 Å². The number of nitrogens with zero attached hydrogens (tertiary/aromatic N) is 4. The van der Waals surface area contributed by atoms with Crippen LogP contribution < -0.4 is 11.1 Å². The summed E-state index contributed by atoms with van der Waals surface area (Å²) in [7, 11) is 0. The SMILES string of the molecule is Cc1ccccc1Nc1nc(N)nc(CN(Cc2ccccc2)Cc2ccco2)n1. The van der Waals surface area contributed by atoms with Crippen molar-refractivity contribution in [1.82, 2.24) is 19.9 Å². The van der Waals surface area contributed by atoms with Crippen molar-refractivity contribution in [3.63, 3.8) is 0 Å². The average Bonchev–Trinajstić information content (AvgIpc) is 3.23. The van der Waals surface area contributed by atoms with Gasteiger partial charge in [-0.1, -0.05) is 48.5 Å². The van der Waals surface area contributed by atoms with Gasteiger partial charge in [0.1, 0.15) is 11.6 Å². The molecule has 0 bridgehead atoms. The van der Waals surface area contributed by atoms with Gasteiger partial charge >= 0.3 is 0 Å². The number of benzene rings is 2. The molecule has 3 N–H and O–H groups in total. The summed E-state index contributed by atoms with van der Waals surface area (Å²) in [5, 5.41) is 3.24. The van der Waals surface area contributed by atoms with Crippen molar-refractivity contribution in [2.24, 2.45) is 0 Å². The van der Waals surface area contributed by atoms with Gasteiger partial charge in [-0.3, -0.25) is 4.90 Å². The molecule has 2 aromatic carbocycles. The molecule has 7 heteroatoms. The maximum absolute atomic E-state index is 5.98. The van der Waals surface area contributed by atoms with Crippen molar-refractivity contribution in [3.8, 4) is 0 Å². The van der Waals surface area contributed by atoms with Crippen molar-refractivity contribution in [2.45, 2.75) is 26.6 Å². The quantitative estimate of drug-likeness (QED) is 0.455. The summed E-state index contributed by atoms with van der Waals surface area (Å²) in [6, 6.07) is 22.1. The minimum absolute atomic E-state index is 0.189. The van der Waals surface area contributed by atoms with Gasteiger partial charge in [0, 0.05) is 12.2 Å². The number of anilines is 3. The molecule has 0 fully saturated rings. The first-order valence-corrected chi connectivity index (χ1v) is 9.77. The molecule has 4 rings (SSSR count). The van der Waals surface area contributed by atoms with Gasteiger partial charge in [-0.15, -0.1) is 0 Å². The molecule has 0 saturated heterocycles. The molecule has 0 unspecified atom stereocenters. The van der Waals surface area contributed by atoms with Crippen LogP contribution in [-0.4, -0.2) is 19.9 Å². The number of hydrogen-bond acceptors (Lipinski definition) is 7. The van der Waals surface area contributed by atoms with Gasteiger partial charge in [-0.25, -0.2) is 0 Å². The predicted octanol–water partition coefficient (Wildman–Crippen LogP) is 4.30. The van der Waals surface area contributed by atoms with Crippen molar-refractivity contribution in [1.29, 1.82) is 0 Å². The number of nitrogens with two attached hydrogens (primary N) is 1. The molecule has 0 aliphatic carbocycles. The Morgan fingerprint density at radius 3 is 2.43 bits per heavy atom. The fraction of sp³-hybridized carbons (Fsp3) is 0.174. The van der Waals surface area contributed by atoms with E-state index >= 15 is 0 Å². The molecule has 0 aliphatic heterocycles. The molecule has 152 valence electrons. The number of aryl methyl sites for hydroxylation is 1. The Kier molecular flexibility index (Phi) is 6.01. The normalized spacial score (nSPS) is 11.0. The van der Waals surface area contributed by atoms with Crippen LogP contribution in [0.5, 0.6) is 0 Å². The second kappa shape index (κ2) is 9.19. The van der Waals surface area contributed by atoms with Gasteiger partial charge in [-0.05, 0) is 36.2 Å². The molecule has 0 atom stereocenters. The summed E-state index contributed by atoms with van der Waals surface area (Å²) >= 11 is 0.